The highest BCUT2D eigenvalue weighted by Crippen LogP contribution is 2.28. The summed E-state index contributed by atoms with van der Waals surface area (Å²) in [4.78, 5) is 7.52. The summed E-state index contributed by atoms with van der Waals surface area (Å²) in [5, 5.41) is 3.28. The molecule has 0 amide bonds. The fourth-order valence-corrected chi connectivity index (χ4v) is 3.19. The number of guanidine groups is 1. The maximum absolute atomic E-state index is 12.2. The maximum Gasteiger partial charge on any atom is 0.193 e. The van der Waals surface area contributed by atoms with Crippen molar-refractivity contribution in [1.29, 1.82) is 0 Å². The van der Waals surface area contributed by atoms with E-state index < -0.39 is 10.8 Å². The predicted molar refractivity (Wildman–Crippen MR) is 99.9 cm³/mol. The monoisotopic (exact) mass is 351 g/mol. The Labute approximate surface area is 147 Å². The summed E-state index contributed by atoms with van der Waals surface area (Å²) < 4.78 is 17.9. The van der Waals surface area contributed by atoms with Gasteiger partial charge in [-0.1, -0.05) is 18.2 Å². The van der Waals surface area contributed by atoms with Crippen LogP contribution in [0.25, 0.3) is 0 Å². The number of hydrogen-bond donors (Lipinski definition) is 1. The van der Waals surface area contributed by atoms with Crippen molar-refractivity contribution in [3.8, 4) is 0 Å². The van der Waals surface area contributed by atoms with Crippen LogP contribution in [0, 0.1) is 5.92 Å². The van der Waals surface area contributed by atoms with Crippen LogP contribution in [0.3, 0.4) is 0 Å². The first kappa shape index (κ1) is 18.9. The number of nitrogens with zero attached hydrogens (tertiary/aromatic N) is 2. The van der Waals surface area contributed by atoms with Crippen LogP contribution in [0.5, 0.6) is 0 Å². The van der Waals surface area contributed by atoms with E-state index in [0.717, 1.165) is 36.5 Å². The summed E-state index contributed by atoms with van der Waals surface area (Å²) >= 11 is 0. The number of rotatable bonds is 10. The van der Waals surface area contributed by atoms with Gasteiger partial charge in [0, 0.05) is 37.4 Å². The molecular formula is C18H29N3O2S. The van der Waals surface area contributed by atoms with Crippen LogP contribution in [0.15, 0.2) is 40.2 Å². The molecule has 1 N–H and O–H groups in total. The van der Waals surface area contributed by atoms with Crippen LogP contribution in [0.2, 0.25) is 0 Å². The molecule has 2 rings (SSSR count). The molecule has 1 aliphatic rings. The summed E-state index contributed by atoms with van der Waals surface area (Å²) in [6.45, 7) is 5.81. The number of benzene rings is 1. The molecule has 0 bridgehead atoms. The van der Waals surface area contributed by atoms with Crippen LogP contribution in [0.4, 0.5) is 0 Å². The zero-order chi connectivity index (χ0) is 17.2. The lowest BCUT2D eigenvalue weighted by Crippen LogP contribution is -2.40. The third-order valence-corrected chi connectivity index (χ3v) is 5.21. The van der Waals surface area contributed by atoms with Crippen LogP contribution in [-0.4, -0.2) is 60.7 Å². The van der Waals surface area contributed by atoms with Crippen LogP contribution in [-0.2, 0) is 15.5 Å². The molecule has 1 aromatic carbocycles. The molecular weight excluding hydrogens is 322 g/mol. The highest BCUT2D eigenvalue weighted by atomic mass is 32.2. The average Bonchev–Trinajstić information content (AvgIpc) is 3.42. The lowest BCUT2D eigenvalue weighted by atomic mass is 10.4. The summed E-state index contributed by atoms with van der Waals surface area (Å²) in [5.74, 6) is 2.17. The van der Waals surface area contributed by atoms with Crippen LogP contribution >= 0.6 is 0 Å². The van der Waals surface area contributed by atoms with Gasteiger partial charge in [0.25, 0.3) is 0 Å². The number of hydrogen-bond acceptors (Lipinski definition) is 3. The largest absolute Gasteiger partial charge is 0.379 e. The molecule has 0 saturated heterocycles. The topological polar surface area (TPSA) is 53.9 Å². The fourth-order valence-electron chi connectivity index (χ4n) is 2.24. The van der Waals surface area contributed by atoms with Gasteiger partial charge in [0.15, 0.2) is 5.96 Å². The number of nitrogens with one attached hydrogen (secondary N) is 1. The van der Waals surface area contributed by atoms with Crippen LogP contribution in [0.1, 0.15) is 19.8 Å². The Hall–Kier alpha value is -1.40. The second-order valence-corrected chi connectivity index (χ2v) is 7.61. The smallest absolute Gasteiger partial charge is 0.193 e. The first-order chi connectivity index (χ1) is 11.7. The Morgan fingerprint density at radius 2 is 2.12 bits per heavy atom. The van der Waals surface area contributed by atoms with Crippen molar-refractivity contribution < 1.29 is 8.95 Å². The van der Waals surface area contributed by atoms with E-state index in [1.807, 2.05) is 37.4 Å². The van der Waals surface area contributed by atoms with E-state index in [9.17, 15) is 4.21 Å². The second-order valence-electron chi connectivity index (χ2n) is 6.04. The second kappa shape index (κ2) is 10.5. The molecule has 1 aliphatic carbocycles. The number of ether oxygens (including phenoxy) is 1. The van der Waals surface area contributed by atoms with E-state index in [-0.39, 0.29) is 0 Å². The van der Waals surface area contributed by atoms with E-state index in [0.29, 0.717) is 18.9 Å². The minimum absolute atomic E-state index is 0.533. The predicted octanol–water partition coefficient (Wildman–Crippen LogP) is 2.12. The van der Waals surface area contributed by atoms with Crippen molar-refractivity contribution in [2.45, 2.75) is 24.7 Å². The SMILES string of the molecule is CCNC(=NCCS(=O)c1ccccc1)N(C)CCOCC1CC1. The van der Waals surface area contributed by atoms with Gasteiger partial charge in [-0.15, -0.1) is 0 Å². The molecule has 0 spiro atoms. The number of likely N-dealkylation sites (N-methyl/N-ethyl adjacent to an activating group) is 1. The average molecular weight is 352 g/mol. The fraction of sp³-hybridized carbons (Fsp3) is 0.611. The normalized spacial score (nSPS) is 16.0. The molecule has 0 radical (unpaired) electrons. The Morgan fingerprint density at radius 1 is 1.38 bits per heavy atom. The minimum atomic E-state index is -1.00. The lowest BCUT2D eigenvalue weighted by Gasteiger charge is -2.22. The van der Waals surface area contributed by atoms with Gasteiger partial charge < -0.3 is 15.0 Å². The van der Waals surface area contributed by atoms with E-state index >= 15 is 0 Å². The van der Waals surface area contributed by atoms with Gasteiger partial charge in [0.1, 0.15) is 0 Å². The highest BCUT2D eigenvalue weighted by Gasteiger charge is 2.21. The van der Waals surface area contributed by atoms with Crippen molar-refractivity contribution in [3.63, 3.8) is 0 Å². The first-order valence-electron chi connectivity index (χ1n) is 8.71. The van der Waals surface area contributed by atoms with E-state index in [4.69, 9.17) is 4.74 Å². The Kier molecular flexibility index (Phi) is 8.25. The van der Waals surface area contributed by atoms with E-state index in [1.165, 1.54) is 12.8 Å². The standard InChI is InChI=1S/C18H29N3O2S/c1-3-19-18(21(2)12-13-23-15-16-9-10-16)20-11-14-24(22)17-7-5-4-6-8-17/h4-8,16H,3,9-15H2,1-2H3,(H,19,20). The van der Waals surface area contributed by atoms with E-state index in [2.05, 4.69) is 22.1 Å². The summed E-state index contributed by atoms with van der Waals surface area (Å²) in [5.41, 5.74) is 0. The molecule has 0 aromatic heterocycles. The Balaban J connectivity index is 1.74. The van der Waals surface area contributed by atoms with Crippen LogP contribution < -0.4 is 5.32 Å². The molecule has 6 heteroatoms. The third-order valence-electron chi connectivity index (χ3n) is 3.86. The molecule has 134 valence electrons. The van der Waals surface area contributed by atoms with Crippen molar-refractivity contribution in [3.05, 3.63) is 30.3 Å². The molecule has 1 fully saturated rings. The van der Waals surface area contributed by atoms with Gasteiger partial charge in [-0.25, -0.2) is 0 Å². The molecule has 1 saturated carbocycles. The zero-order valence-electron chi connectivity index (χ0n) is 14.7. The first-order valence-corrected chi connectivity index (χ1v) is 10.0. The zero-order valence-corrected chi connectivity index (χ0v) is 15.6. The quantitative estimate of drug-likeness (QED) is 0.399. The van der Waals surface area contributed by atoms with E-state index in [1.54, 1.807) is 0 Å². The number of aliphatic imine (C=N–C) groups is 1. The van der Waals surface area contributed by atoms with Gasteiger partial charge in [0.05, 0.1) is 24.0 Å². The van der Waals surface area contributed by atoms with Crippen molar-refractivity contribution in [1.82, 2.24) is 10.2 Å². The Bertz CT molecular complexity index is 532. The van der Waals surface area contributed by atoms with Gasteiger partial charge in [-0.3, -0.25) is 9.20 Å². The summed E-state index contributed by atoms with van der Waals surface area (Å²) in [7, 11) is 1.01. The van der Waals surface area contributed by atoms with Gasteiger partial charge in [-0.2, -0.15) is 0 Å². The summed E-state index contributed by atoms with van der Waals surface area (Å²) in [6.07, 6.45) is 2.64. The third kappa shape index (κ3) is 7.01. The van der Waals surface area contributed by atoms with Gasteiger partial charge >= 0.3 is 0 Å². The van der Waals surface area contributed by atoms with Crippen molar-refractivity contribution in [2.75, 3.05) is 45.6 Å². The molecule has 5 nitrogen and oxygen atoms in total. The summed E-state index contributed by atoms with van der Waals surface area (Å²) in [6, 6.07) is 9.55. The molecule has 1 unspecified atom stereocenters. The lowest BCUT2D eigenvalue weighted by molar-refractivity contribution is 0.115. The molecule has 24 heavy (non-hydrogen) atoms. The molecule has 1 atom stereocenters. The molecule has 0 aliphatic heterocycles. The molecule has 0 heterocycles. The van der Waals surface area contributed by atoms with Gasteiger partial charge in [-0.05, 0) is 37.8 Å². The highest BCUT2D eigenvalue weighted by molar-refractivity contribution is 7.85. The minimum Gasteiger partial charge on any atom is -0.379 e. The van der Waals surface area contributed by atoms with Crippen molar-refractivity contribution >= 4 is 16.8 Å². The van der Waals surface area contributed by atoms with Gasteiger partial charge in [0.2, 0.25) is 0 Å². The molecule has 1 aromatic rings. The maximum atomic E-state index is 12.2. The van der Waals surface area contributed by atoms with Crippen molar-refractivity contribution in [2.24, 2.45) is 10.9 Å². The Morgan fingerprint density at radius 3 is 2.79 bits per heavy atom.